The first kappa shape index (κ1) is 17.5. The Morgan fingerprint density at radius 3 is 2.52 bits per heavy atom. The van der Waals surface area contributed by atoms with Crippen LogP contribution in [0.2, 0.25) is 0 Å². The molecule has 0 spiro atoms. The number of likely N-dealkylation sites (N-methyl/N-ethyl adjacent to an activating group) is 1. The van der Waals surface area contributed by atoms with Crippen molar-refractivity contribution in [3.8, 4) is 0 Å². The van der Waals surface area contributed by atoms with Gasteiger partial charge in [0.15, 0.2) is 0 Å². The smallest absolute Gasteiger partial charge is 0.227 e. The molecule has 0 radical (unpaired) electrons. The highest BCUT2D eigenvalue weighted by atomic mass is 16.2. The Morgan fingerprint density at radius 1 is 1.39 bits per heavy atom. The molecule has 0 aromatic carbocycles. The zero-order valence-electron chi connectivity index (χ0n) is 15.1. The Balaban J connectivity index is 1.93. The van der Waals surface area contributed by atoms with E-state index in [1.165, 1.54) is 0 Å². The third kappa shape index (κ3) is 3.92. The van der Waals surface area contributed by atoms with Crippen molar-refractivity contribution in [2.45, 2.75) is 53.1 Å². The predicted octanol–water partition coefficient (Wildman–Crippen LogP) is 1.61. The molecule has 1 fully saturated rings. The molecule has 0 aliphatic carbocycles. The number of carbonyl (C=O) groups excluding carboxylic acids is 2. The van der Waals surface area contributed by atoms with Gasteiger partial charge in [-0.2, -0.15) is 5.10 Å². The van der Waals surface area contributed by atoms with Gasteiger partial charge in [0.05, 0.1) is 18.2 Å². The number of aryl methyl sites for hydroxylation is 2. The van der Waals surface area contributed by atoms with Crippen molar-refractivity contribution in [2.75, 3.05) is 20.1 Å². The number of amides is 2. The van der Waals surface area contributed by atoms with Crippen molar-refractivity contribution >= 4 is 11.8 Å². The summed E-state index contributed by atoms with van der Waals surface area (Å²) >= 11 is 0. The highest BCUT2D eigenvalue weighted by Gasteiger charge is 2.40. The maximum absolute atomic E-state index is 12.6. The molecule has 128 valence electrons. The molecule has 1 aliphatic heterocycles. The van der Waals surface area contributed by atoms with E-state index in [4.69, 9.17) is 0 Å². The summed E-state index contributed by atoms with van der Waals surface area (Å²) in [6, 6.07) is 2.03. The van der Waals surface area contributed by atoms with E-state index in [2.05, 4.69) is 5.10 Å². The van der Waals surface area contributed by atoms with Gasteiger partial charge in [0.1, 0.15) is 0 Å². The summed E-state index contributed by atoms with van der Waals surface area (Å²) in [7, 11) is 1.80. The van der Waals surface area contributed by atoms with Gasteiger partial charge in [-0.3, -0.25) is 14.3 Å². The number of rotatable bonds is 4. The fraction of sp³-hybridized carbons (Fsp3) is 0.706. The first-order valence-electron chi connectivity index (χ1n) is 8.16. The Labute approximate surface area is 138 Å². The van der Waals surface area contributed by atoms with E-state index in [-0.39, 0.29) is 23.3 Å². The van der Waals surface area contributed by atoms with E-state index < -0.39 is 0 Å². The second-order valence-electron chi connectivity index (χ2n) is 7.49. The molecular formula is C17H28N4O2. The van der Waals surface area contributed by atoms with Gasteiger partial charge in [-0.05, 0) is 40.7 Å². The van der Waals surface area contributed by atoms with Crippen molar-refractivity contribution < 1.29 is 9.59 Å². The van der Waals surface area contributed by atoms with Crippen LogP contribution in [0.15, 0.2) is 6.07 Å². The second kappa shape index (κ2) is 6.34. The molecule has 0 saturated carbocycles. The fourth-order valence-electron chi connectivity index (χ4n) is 3.09. The zero-order valence-corrected chi connectivity index (χ0v) is 15.1. The van der Waals surface area contributed by atoms with Crippen LogP contribution in [0.3, 0.4) is 0 Å². The molecule has 0 N–H and O–H groups in total. The molecule has 1 saturated heterocycles. The molecular weight excluding hydrogens is 292 g/mol. The van der Waals surface area contributed by atoms with Crippen molar-refractivity contribution in [1.82, 2.24) is 19.6 Å². The maximum atomic E-state index is 12.6. The number of hydrogen-bond acceptors (Lipinski definition) is 3. The molecule has 1 aromatic heterocycles. The Bertz CT molecular complexity index is 600. The van der Waals surface area contributed by atoms with E-state index in [0.29, 0.717) is 26.1 Å². The van der Waals surface area contributed by atoms with Gasteiger partial charge in [-0.25, -0.2) is 0 Å². The Hall–Kier alpha value is -1.85. The first-order valence-corrected chi connectivity index (χ1v) is 8.16. The van der Waals surface area contributed by atoms with Crippen LogP contribution in [0.5, 0.6) is 0 Å². The minimum atomic E-state index is -0.229. The third-order valence-corrected chi connectivity index (χ3v) is 4.41. The van der Waals surface area contributed by atoms with Crippen LogP contribution in [0, 0.1) is 19.8 Å². The van der Waals surface area contributed by atoms with Gasteiger partial charge in [-0.1, -0.05) is 0 Å². The number of aromatic nitrogens is 2. The second-order valence-corrected chi connectivity index (χ2v) is 7.49. The third-order valence-electron chi connectivity index (χ3n) is 4.41. The lowest BCUT2D eigenvalue weighted by Crippen LogP contribution is -2.43. The molecule has 6 nitrogen and oxygen atoms in total. The van der Waals surface area contributed by atoms with Crippen LogP contribution in [0.4, 0.5) is 0 Å². The van der Waals surface area contributed by atoms with E-state index >= 15 is 0 Å². The summed E-state index contributed by atoms with van der Waals surface area (Å²) in [4.78, 5) is 28.3. The van der Waals surface area contributed by atoms with E-state index in [1.807, 2.05) is 50.3 Å². The van der Waals surface area contributed by atoms with Crippen molar-refractivity contribution in [3.05, 3.63) is 17.5 Å². The van der Waals surface area contributed by atoms with Gasteiger partial charge in [0, 0.05) is 37.8 Å². The summed E-state index contributed by atoms with van der Waals surface area (Å²) < 4.78 is 1.92. The monoisotopic (exact) mass is 320 g/mol. The molecule has 1 aromatic rings. The molecule has 2 heterocycles. The van der Waals surface area contributed by atoms with Gasteiger partial charge in [0.2, 0.25) is 11.8 Å². The molecule has 1 aliphatic rings. The Morgan fingerprint density at radius 2 is 2.04 bits per heavy atom. The average Bonchev–Trinajstić information content (AvgIpc) is 2.97. The number of likely N-dealkylation sites (tertiary alicyclic amines) is 1. The average molecular weight is 320 g/mol. The molecule has 2 amide bonds. The van der Waals surface area contributed by atoms with Gasteiger partial charge >= 0.3 is 0 Å². The molecule has 1 atom stereocenters. The summed E-state index contributed by atoms with van der Waals surface area (Å²) in [6.07, 6.45) is 0.320. The van der Waals surface area contributed by atoms with Gasteiger partial charge < -0.3 is 9.80 Å². The largest absolute Gasteiger partial charge is 0.344 e. The van der Waals surface area contributed by atoms with E-state index in [1.54, 1.807) is 11.9 Å². The molecule has 0 bridgehead atoms. The summed E-state index contributed by atoms with van der Waals surface area (Å²) in [5.41, 5.74) is 1.85. The standard InChI is InChI=1S/C17H28N4O2/c1-12-9-13(2)21(18-12)8-7-19(6)16(23)14-10-15(22)20(11-14)17(3,4)5/h9,14H,7-8,10-11H2,1-6H3/t14-/m1/s1. The zero-order chi connectivity index (χ0) is 17.4. The quantitative estimate of drug-likeness (QED) is 0.847. The summed E-state index contributed by atoms with van der Waals surface area (Å²) in [5.74, 6) is -0.110. The highest BCUT2D eigenvalue weighted by Crippen LogP contribution is 2.26. The lowest BCUT2D eigenvalue weighted by Gasteiger charge is -2.32. The van der Waals surface area contributed by atoms with Crippen LogP contribution >= 0.6 is 0 Å². The van der Waals surface area contributed by atoms with Crippen LogP contribution in [-0.4, -0.2) is 57.1 Å². The molecule has 2 rings (SSSR count). The van der Waals surface area contributed by atoms with Gasteiger partial charge in [0.25, 0.3) is 0 Å². The number of carbonyl (C=O) groups is 2. The van der Waals surface area contributed by atoms with Crippen LogP contribution in [0.25, 0.3) is 0 Å². The van der Waals surface area contributed by atoms with Crippen molar-refractivity contribution in [1.29, 1.82) is 0 Å². The van der Waals surface area contributed by atoms with Crippen molar-refractivity contribution in [3.63, 3.8) is 0 Å². The minimum absolute atomic E-state index is 0.0478. The number of nitrogens with zero attached hydrogens (tertiary/aromatic N) is 4. The lowest BCUT2D eigenvalue weighted by molar-refractivity contribution is -0.135. The summed E-state index contributed by atoms with van der Waals surface area (Å²) in [5, 5.41) is 4.41. The minimum Gasteiger partial charge on any atom is -0.344 e. The SMILES string of the molecule is Cc1cc(C)n(CCN(C)C(=O)[C@@H]2CC(=O)N(C(C)(C)C)C2)n1. The summed E-state index contributed by atoms with van der Waals surface area (Å²) in [6.45, 7) is 11.8. The van der Waals surface area contributed by atoms with Crippen LogP contribution in [0.1, 0.15) is 38.6 Å². The highest BCUT2D eigenvalue weighted by molar-refractivity contribution is 5.89. The normalized spacial score (nSPS) is 18.6. The van der Waals surface area contributed by atoms with Gasteiger partial charge in [-0.15, -0.1) is 0 Å². The lowest BCUT2D eigenvalue weighted by atomic mass is 10.1. The number of hydrogen-bond donors (Lipinski definition) is 0. The Kier molecular flexibility index (Phi) is 4.82. The van der Waals surface area contributed by atoms with E-state index in [9.17, 15) is 9.59 Å². The predicted molar refractivity (Wildman–Crippen MR) is 88.9 cm³/mol. The van der Waals surface area contributed by atoms with E-state index in [0.717, 1.165) is 11.4 Å². The maximum Gasteiger partial charge on any atom is 0.227 e. The topological polar surface area (TPSA) is 58.4 Å². The van der Waals surface area contributed by atoms with Crippen molar-refractivity contribution in [2.24, 2.45) is 5.92 Å². The molecule has 23 heavy (non-hydrogen) atoms. The van der Waals surface area contributed by atoms with Crippen LogP contribution in [-0.2, 0) is 16.1 Å². The molecule has 6 heteroatoms. The first-order chi connectivity index (χ1) is 10.6. The molecule has 0 unspecified atom stereocenters. The fourth-order valence-corrected chi connectivity index (χ4v) is 3.09. The van der Waals surface area contributed by atoms with Crippen LogP contribution < -0.4 is 0 Å².